The lowest BCUT2D eigenvalue weighted by atomic mass is 10.3. The highest BCUT2D eigenvalue weighted by molar-refractivity contribution is 7.22. The molecule has 30 heavy (non-hydrogen) atoms. The summed E-state index contributed by atoms with van der Waals surface area (Å²) >= 11 is 1.05. The summed E-state index contributed by atoms with van der Waals surface area (Å²) in [5.41, 5.74) is 7.77. The summed E-state index contributed by atoms with van der Waals surface area (Å²) in [5.74, 6) is -0.973. The van der Waals surface area contributed by atoms with Crippen LogP contribution in [0.2, 0.25) is 0 Å². The number of benzene rings is 1. The van der Waals surface area contributed by atoms with Gasteiger partial charge >= 0.3 is 6.36 Å². The molecule has 4 N–H and O–H groups in total. The first-order valence-electron chi connectivity index (χ1n) is 8.99. The van der Waals surface area contributed by atoms with E-state index in [2.05, 4.69) is 20.4 Å². The topological polar surface area (TPSA) is 110 Å². The Morgan fingerprint density at radius 1 is 1.30 bits per heavy atom. The predicted octanol–water partition coefficient (Wildman–Crippen LogP) is 2.19. The first-order chi connectivity index (χ1) is 14.1. The lowest BCUT2D eigenvalue weighted by molar-refractivity contribution is -0.274. The number of nitrogens with one attached hydrogen (secondary N) is 2. The number of thiazole rings is 1. The van der Waals surface area contributed by atoms with Gasteiger partial charge in [0.2, 0.25) is 11.8 Å². The normalized spacial score (nSPS) is 13.2. The quantitative estimate of drug-likeness (QED) is 0.577. The summed E-state index contributed by atoms with van der Waals surface area (Å²) in [7, 11) is 1.74. The van der Waals surface area contributed by atoms with E-state index >= 15 is 0 Å². The van der Waals surface area contributed by atoms with Crippen molar-refractivity contribution in [3.05, 3.63) is 29.5 Å². The average molecular weight is 443 g/mol. The number of fused-ring (bicyclic) bond motifs is 1. The summed E-state index contributed by atoms with van der Waals surface area (Å²) in [6, 6.07) is 3.78. The molecule has 0 saturated heterocycles. The minimum absolute atomic E-state index is 0.0235. The number of halogens is 3. The van der Waals surface area contributed by atoms with Crippen LogP contribution in [0.1, 0.15) is 12.8 Å². The van der Waals surface area contributed by atoms with E-state index in [1.165, 1.54) is 23.8 Å². The van der Waals surface area contributed by atoms with Gasteiger partial charge in [0, 0.05) is 18.8 Å². The molecule has 3 rings (SSSR count). The Hall–Kier alpha value is -2.86. The molecule has 0 unspecified atom stereocenters. The largest absolute Gasteiger partial charge is 0.573 e. The van der Waals surface area contributed by atoms with Crippen molar-refractivity contribution in [1.29, 1.82) is 0 Å². The molecule has 1 aromatic carbocycles. The van der Waals surface area contributed by atoms with Crippen LogP contribution in [0.15, 0.2) is 29.5 Å². The Morgan fingerprint density at radius 3 is 2.67 bits per heavy atom. The number of ether oxygens (including phenoxy) is 1. The second kappa shape index (κ2) is 8.88. The summed E-state index contributed by atoms with van der Waals surface area (Å²) < 4.78 is 41.4. The van der Waals surface area contributed by atoms with Gasteiger partial charge in [0.25, 0.3) is 0 Å². The van der Waals surface area contributed by atoms with Crippen molar-refractivity contribution in [2.45, 2.75) is 19.2 Å². The number of alkyl halides is 3. The SMILES string of the molecule is CN(CC(=O)Nc1nc2ccc(OC(F)(F)F)cc2s1)C(CNC(=O)CN)=C1CC1. The maximum absolute atomic E-state index is 12.4. The Labute approximate surface area is 173 Å². The van der Waals surface area contributed by atoms with Gasteiger partial charge in [-0.3, -0.25) is 9.59 Å². The summed E-state index contributed by atoms with van der Waals surface area (Å²) in [6.45, 7) is 0.202. The number of amides is 2. The Balaban J connectivity index is 1.62. The molecule has 1 fully saturated rings. The second-order valence-corrected chi connectivity index (χ2v) is 7.66. The molecule has 1 aromatic heterocycles. The minimum atomic E-state index is -4.78. The van der Waals surface area contributed by atoms with E-state index in [1.54, 1.807) is 11.9 Å². The van der Waals surface area contributed by atoms with Crippen LogP contribution >= 0.6 is 11.3 Å². The lowest BCUT2D eigenvalue weighted by Gasteiger charge is -2.22. The van der Waals surface area contributed by atoms with Gasteiger partial charge in [-0.15, -0.1) is 13.2 Å². The molecule has 0 spiro atoms. The van der Waals surface area contributed by atoms with Crippen LogP contribution in [0.3, 0.4) is 0 Å². The molecule has 8 nitrogen and oxygen atoms in total. The molecule has 0 atom stereocenters. The number of carbonyl (C=O) groups excluding carboxylic acids is 2. The lowest BCUT2D eigenvalue weighted by Crippen LogP contribution is -2.37. The van der Waals surface area contributed by atoms with E-state index in [9.17, 15) is 22.8 Å². The molecule has 1 aliphatic rings. The Bertz CT molecular complexity index is 983. The second-order valence-electron chi connectivity index (χ2n) is 6.63. The number of likely N-dealkylation sites (N-methyl/N-ethyl adjacent to an activating group) is 1. The van der Waals surface area contributed by atoms with Crippen LogP contribution in [-0.4, -0.2) is 54.7 Å². The van der Waals surface area contributed by atoms with Crippen molar-refractivity contribution in [2.24, 2.45) is 5.73 Å². The Kier molecular flexibility index (Phi) is 6.46. The zero-order chi connectivity index (χ0) is 21.9. The molecule has 0 radical (unpaired) electrons. The van der Waals surface area contributed by atoms with Gasteiger partial charge in [0.1, 0.15) is 5.75 Å². The van der Waals surface area contributed by atoms with Gasteiger partial charge in [-0.1, -0.05) is 11.3 Å². The fourth-order valence-electron chi connectivity index (χ4n) is 2.76. The van der Waals surface area contributed by atoms with Crippen molar-refractivity contribution >= 4 is 38.5 Å². The first-order valence-corrected chi connectivity index (χ1v) is 9.81. The van der Waals surface area contributed by atoms with E-state index in [0.717, 1.165) is 29.9 Å². The van der Waals surface area contributed by atoms with E-state index in [0.29, 0.717) is 10.2 Å². The van der Waals surface area contributed by atoms with Crippen LogP contribution in [0.4, 0.5) is 18.3 Å². The van der Waals surface area contributed by atoms with E-state index < -0.39 is 6.36 Å². The van der Waals surface area contributed by atoms with Gasteiger partial charge in [-0.05, 0) is 30.5 Å². The molecule has 1 saturated carbocycles. The molecule has 2 aromatic rings. The summed E-state index contributed by atoms with van der Waals surface area (Å²) in [6.07, 6.45) is -2.95. The summed E-state index contributed by atoms with van der Waals surface area (Å²) in [4.78, 5) is 29.8. The van der Waals surface area contributed by atoms with Gasteiger partial charge in [-0.2, -0.15) is 0 Å². The molecule has 1 heterocycles. The molecular formula is C18H20F3N5O3S. The van der Waals surface area contributed by atoms with E-state index in [-0.39, 0.29) is 42.3 Å². The van der Waals surface area contributed by atoms with Gasteiger partial charge < -0.3 is 26.0 Å². The number of nitrogens with zero attached hydrogens (tertiary/aromatic N) is 2. The highest BCUT2D eigenvalue weighted by Gasteiger charge is 2.31. The predicted molar refractivity (Wildman–Crippen MR) is 106 cm³/mol. The number of hydrogen-bond acceptors (Lipinski definition) is 7. The highest BCUT2D eigenvalue weighted by Crippen LogP contribution is 2.33. The third-order valence-electron chi connectivity index (χ3n) is 4.23. The first kappa shape index (κ1) is 21.8. The fraction of sp³-hybridized carbons (Fsp3) is 0.389. The standard InChI is InChI=1S/C18H20F3N5O3S/c1-26(13(10-2-3-10)8-23-15(27)7-22)9-16(28)25-17-24-12-5-4-11(6-14(12)30-17)29-18(19,20)21/h4-6H,2-3,7-9,22H2,1H3,(H,23,27)(H,24,25,28). The van der Waals surface area contributed by atoms with Gasteiger partial charge in [-0.25, -0.2) is 4.98 Å². The van der Waals surface area contributed by atoms with Crippen molar-refractivity contribution < 1.29 is 27.5 Å². The molecule has 162 valence electrons. The van der Waals surface area contributed by atoms with Crippen LogP contribution in [0, 0.1) is 0 Å². The third-order valence-corrected chi connectivity index (χ3v) is 5.16. The van der Waals surface area contributed by atoms with Crippen LogP contribution in [0.5, 0.6) is 5.75 Å². The molecule has 2 amide bonds. The number of hydrogen-bond donors (Lipinski definition) is 3. The van der Waals surface area contributed by atoms with Gasteiger partial charge in [0.05, 0.1) is 29.9 Å². The van der Waals surface area contributed by atoms with E-state index in [4.69, 9.17) is 5.73 Å². The zero-order valence-electron chi connectivity index (χ0n) is 16.0. The maximum atomic E-state index is 12.4. The smallest absolute Gasteiger partial charge is 0.406 e. The fourth-order valence-corrected chi connectivity index (χ4v) is 3.67. The Morgan fingerprint density at radius 2 is 2.03 bits per heavy atom. The zero-order valence-corrected chi connectivity index (χ0v) is 16.8. The number of carbonyl (C=O) groups is 2. The minimum Gasteiger partial charge on any atom is -0.406 e. The van der Waals surface area contributed by atoms with Crippen molar-refractivity contribution in [1.82, 2.24) is 15.2 Å². The van der Waals surface area contributed by atoms with Crippen molar-refractivity contribution in [2.75, 3.05) is 32.0 Å². The molecule has 0 bridgehead atoms. The van der Waals surface area contributed by atoms with Gasteiger partial charge in [0.15, 0.2) is 5.13 Å². The number of rotatable bonds is 8. The third kappa shape index (κ3) is 6.07. The number of allylic oxidation sites excluding steroid dienone is 1. The van der Waals surface area contributed by atoms with Crippen LogP contribution in [-0.2, 0) is 9.59 Å². The van der Waals surface area contributed by atoms with Crippen LogP contribution in [0.25, 0.3) is 10.2 Å². The molecular weight excluding hydrogens is 423 g/mol. The monoisotopic (exact) mass is 443 g/mol. The molecule has 12 heteroatoms. The van der Waals surface area contributed by atoms with Crippen molar-refractivity contribution in [3.63, 3.8) is 0 Å². The molecule has 0 aliphatic heterocycles. The number of anilines is 1. The summed E-state index contributed by atoms with van der Waals surface area (Å²) in [5, 5.41) is 5.62. The van der Waals surface area contributed by atoms with E-state index in [1.807, 2.05) is 0 Å². The average Bonchev–Trinajstić information content (AvgIpc) is 3.40. The van der Waals surface area contributed by atoms with Crippen LogP contribution < -0.4 is 21.1 Å². The molecule has 1 aliphatic carbocycles. The number of nitrogens with two attached hydrogens (primary N) is 1. The highest BCUT2D eigenvalue weighted by atomic mass is 32.1. The van der Waals surface area contributed by atoms with Crippen molar-refractivity contribution in [3.8, 4) is 5.75 Å². The number of aromatic nitrogens is 1. The maximum Gasteiger partial charge on any atom is 0.573 e.